The van der Waals surface area contributed by atoms with Crippen molar-refractivity contribution in [2.45, 2.75) is 45.1 Å². The number of hydrogen-bond acceptors (Lipinski definition) is 5. The molecule has 0 amide bonds. The Bertz CT molecular complexity index is 708. The van der Waals surface area contributed by atoms with Gasteiger partial charge in [0.15, 0.2) is 11.6 Å². The highest BCUT2D eigenvalue weighted by Gasteiger charge is 2.14. The van der Waals surface area contributed by atoms with Crippen LogP contribution in [0.1, 0.15) is 39.0 Å². The van der Waals surface area contributed by atoms with Crippen LogP contribution in [0.2, 0.25) is 0 Å². The highest BCUT2D eigenvalue weighted by Crippen LogP contribution is 2.18. The van der Waals surface area contributed by atoms with Crippen LogP contribution in [0.25, 0.3) is 11.0 Å². The standard InChI is InChI=1S/C17H28N8.HI/c1-3-18-17(24-13-7-5-4-6-8-13)20-10-9-19-15-14-11-23-25(2)16(14)22-12-21-15;/h11-13H,3-10H2,1-2H3,(H2,18,20,24)(H,19,21,22);1H. The van der Waals surface area contributed by atoms with E-state index >= 15 is 0 Å². The molecule has 0 unspecified atom stereocenters. The lowest BCUT2D eigenvalue weighted by Gasteiger charge is -2.24. The largest absolute Gasteiger partial charge is 0.367 e. The van der Waals surface area contributed by atoms with E-state index in [4.69, 9.17) is 0 Å². The molecular weight excluding hydrogens is 443 g/mol. The summed E-state index contributed by atoms with van der Waals surface area (Å²) in [4.78, 5) is 13.2. The molecule has 0 radical (unpaired) electrons. The maximum atomic E-state index is 4.68. The monoisotopic (exact) mass is 472 g/mol. The van der Waals surface area contributed by atoms with E-state index in [9.17, 15) is 0 Å². The van der Waals surface area contributed by atoms with Crippen molar-refractivity contribution >= 4 is 46.8 Å². The molecule has 2 aromatic heterocycles. The second-order valence-corrected chi connectivity index (χ2v) is 6.39. The summed E-state index contributed by atoms with van der Waals surface area (Å²) in [6.07, 6.45) is 9.81. The van der Waals surface area contributed by atoms with Crippen LogP contribution in [0.5, 0.6) is 0 Å². The summed E-state index contributed by atoms with van der Waals surface area (Å²) in [5, 5.41) is 15.4. The van der Waals surface area contributed by atoms with Crippen molar-refractivity contribution in [1.29, 1.82) is 0 Å². The Morgan fingerprint density at radius 2 is 2.08 bits per heavy atom. The lowest BCUT2D eigenvalue weighted by molar-refractivity contribution is 0.410. The fraction of sp³-hybridized carbons (Fsp3) is 0.647. The molecule has 1 aliphatic rings. The van der Waals surface area contributed by atoms with Gasteiger partial charge in [0.2, 0.25) is 0 Å². The average Bonchev–Trinajstić information content (AvgIpc) is 3.02. The lowest BCUT2D eigenvalue weighted by Crippen LogP contribution is -2.44. The van der Waals surface area contributed by atoms with Gasteiger partial charge in [-0.2, -0.15) is 5.10 Å². The van der Waals surface area contributed by atoms with Gasteiger partial charge in [0.25, 0.3) is 0 Å². The van der Waals surface area contributed by atoms with Gasteiger partial charge in [-0.05, 0) is 19.8 Å². The minimum atomic E-state index is 0. The molecule has 1 fully saturated rings. The Hall–Kier alpha value is -1.65. The predicted molar refractivity (Wildman–Crippen MR) is 116 cm³/mol. The number of halogens is 1. The summed E-state index contributed by atoms with van der Waals surface area (Å²) in [6.45, 7) is 4.35. The Morgan fingerprint density at radius 3 is 2.85 bits per heavy atom. The first-order chi connectivity index (χ1) is 12.3. The molecule has 0 saturated heterocycles. The molecule has 0 atom stereocenters. The van der Waals surface area contributed by atoms with Gasteiger partial charge in [-0.25, -0.2) is 9.97 Å². The van der Waals surface area contributed by atoms with Gasteiger partial charge >= 0.3 is 0 Å². The molecule has 3 N–H and O–H groups in total. The van der Waals surface area contributed by atoms with Crippen LogP contribution in [0.4, 0.5) is 5.82 Å². The molecule has 9 heteroatoms. The first-order valence-electron chi connectivity index (χ1n) is 9.19. The molecule has 0 spiro atoms. The predicted octanol–water partition coefficient (Wildman–Crippen LogP) is 2.28. The smallest absolute Gasteiger partial charge is 0.191 e. The van der Waals surface area contributed by atoms with Crippen LogP contribution in [-0.2, 0) is 7.05 Å². The lowest BCUT2D eigenvalue weighted by atomic mass is 9.96. The van der Waals surface area contributed by atoms with Gasteiger partial charge in [-0.15, -0.1) is 24.0 Å². The Labute approximate surface area is 171 Å². The van der Waals surface area contributed by atoms with E-state index in [1.54, 1.807) is 17.2 Å². The van der Waals surface area contributed by atoms with Crippen molar-refractivity contribution in [3.05, 3.63) is 12.5 Å². The van der Waals surface area contributed by atoms with Crippen LogP contribution < -0.4 is 16.0 Å². The number of guanidine groups is 1. The van der Waals surface area contributed by atoms with Crippen LogP contribution in [0.15, 0.2) is 17.5 Å². The second kappa shape index (κ2) is 10.5. The van der Waals surface area contributed by atoms with Crippen molar-refractivity contribution in [3.63, 3.8) is 0 Å². The third-order valence-electron chi connectivity index (χ3n) is 4.49. The zero-order valence-electron chi connectivity index (χ0n) is 15.5. The third-order valence-corrected chi connectivity index (χ3v) is 4.49. The summed E-state index contributed by atoms with van der Waals surface area (Å²) in [5.74, 6) is 1.71. The second-order valence-electron chi connectivity index (χ2n) is 6.39. The van der Waals surface area contributed by atoms with Crippen LogP contribution >= 0.6 is 24.0 Å². The highest BCUT2D eigenvalue weighted by molar-refractivity contribution is 14.0. The van der Waals surface area contributed by atoms with Crippen molar-refractivity contribution in [2.24, 2.45) is 12.0 Å². The van der Waals surface area contributed by atoms with E-state index in [1.807, 2.05) is 7.05 Å². The quantitative estimate of drug-likeness (QED) is 0.259. The molecule has 2 heterocycles. The van der Waals surface area contributed by atoms with E-state index < -0.39 is 0 Å². The maximum absolute atomic E-state index is 4.68. The van der Waals surface area contributed by atoms with E-state index in [0.717, 1.165) is 29.4 Å². The van der Waals surface area contributed by atoms with Crippen LogP contribution in [0, 0.1) is 0 Å². The molecule has 2 aromatic rings. The minimum Gasteiger partial charge on any atom is -0.367 e. The van der Waals surface area contributed by atoms with Gasteiger partial charge < -0.3 is 16.0 Å². The summed E-state index contributed by atoms with van der Waals surface area (Å²) < 4.78 is 1.75. The number of anilines is 1. The number of aryl methyl sites for hydroxylation is 1. The Morgan fingerprint density at radius 1 is 1.27 bits per heavy atom. The molecule has 8 nitrogen and oxygen atoms in total. The van der Waals surface area contributed by atoms with Crippen molar-refractivity contribution < 1.29 is 0 Å². The molecule has 1 aliphatic carbocycles. The number of nitrogens with zero attached hydrogens (tertiary/aromatic N) is 5. The van der Waals surface area contributed by atoms with E-state index in [1.165, 1.54) is 32.1 Å². The first-order valence-corrected chi connectivity index (χ1v) is 9.19. The number of fused-ring (bicyclic) bond motifs is 1. The van der Waals surface area contributed by atoms with Crippen molar-refractivity contribution in [3.8, 4) is 0 Å². The summed E-state index contributed by atoms with van der Waals surface area (Å²) in [7, 11) is 1.88. The maximum Gasteiger partial charge on any atom is 0.191 e. The summed E-state index contributed by atoms with van der Waals surface area (Å²) in [6, 6.07) is 0.552. The van der Waals surface area contributed by atoms with Gasteiger partial charge in [0.05, 0.1) is 18.1 Å². The molecule has 3 rings (SSSR count). The topological polar surface area (TPSA) is 92.1 Å². The number of aliphatic imine (C=N–C) groups is 1. The third kappa shape index (κ3) is 5.42. The number of hydrogen-bond donors (Lipinski definition) is 3. The fourth-order valence-corrected chi connectivity index (χ4v) is 3.21. The van der Waals surface area contributed by atoms with E-state index in [-0.39, 0.29) is 24.0 Å². The number of aromatic nitrogens is 4. The van der Waals surface area contributed by atoms with Gasteiger partial charge in [-0.3, -0.25) is 9.67 Å². The van der Waals surface area contributed by atoms with Crippen LogP contribution in [-0.4, -0.2) is 51.4 Å². The van der Waals surface area contributed by atoms with Gasteiger partial charge in [-0.1, -0.05) is 19.3 Å². The minimum absolute atomic E-state index is 0. The Balaban J connectivity index is 0.00000243. The SMILES string of the molecule is CCNC(=NCCNc1ncnc2c1cnn2C)NC1CCCCC1.I. The van der Waals surface area contributed by atoms with Gasteiger partial charge in [0, 0.05) is 26.2 Å². The average molecular weight is 472 g/mol. The van der Waals surface area contributed by atoms with E-state index in [0.29, 0.717) is 19.1 Å². The van der Waals surface area contributed by atoms with Gasteiger partial charge in [0.1, 0.15) is 12.1 Å². The normalized spacial score (nSPS) is 15.5. The number of nitrogens with one attached hydrogen (secondary N) is 3. The zero-order valence-corrected chi connectivity index (χ0v) is 17.9. The molecule has 1 saturated carbocycles. The summed E-state index contributed by atoms with van der Waals surface area (Å²) >= 11 is 0. The summed E-state index contributed by atoms with van der Waals surface area (Å²) in [5.41, 5.74) is 0.827. The molecule has 144 valence electrons. The first kappa shape index (κ1) is 20.7. The molecule has 0 bridgehead atoms. The molecular formula is C17H29IN8. The fourth-order valence-electron chi connectivity index (χ4n) is 3.21. The van der Waals surface area contributed by atoms with Crippen molar-refractivity contribution in [2.75, 3.05) is 25.0 Å². The molecule has 26 heavy (non-hydrogen) atoms. The highest BCUT2D eigenvalue weighted by atomic mass is 127. The molecule has 0 aromatic carbocycles. The number of rotatable bonds is 6. The van der Waals surface area contributed by atoms with E-state index in [2.05, 4.69) is 42.9 Å². The zero-order chi connectivity index (χ0) is 17.5. The molecule has 0 aliphatic heterocycles. The van der Waals surface area contributed by atoms with Crippen LogP contribution in [0.3, 0.4) is 0 Å². The Kier molecular flexibility index (Phi) is 8.33. The van der Waals surface area contributed by atoms with Crippen molar-refractivity contribution in [1.82, 2.24) is 30.4 Å².